The zero-order valence-corrected chi connectivity index (χ0v) is 15.0. The van der Waals surface area contributed by atoms with Crippen molar-refractivity contribution < 1.29 is 4.79 Å². The van der Waals surface area contributed by atoms with E-state index in [0.717, 1.165) is 22.4 Å². The van der Waals surface area contributed by atoms with E-state index >= 15 is 0 Å². The highest BCUT2D eigenvalue weighted by Gasteiger charge is 2.12. The molecule has 6 heteroatoms. The van der Waals surface area contributed by atoms with Gasteiger partial charge in [-0.05, 0) is 48.5 Å². The highest BCUT2D eigenvalue weighted by atomic mass is 16.1. The fourth-order valence-electron chi connectivity index (χ4n) is 3.10. The van der Waals surface area contributed by atoms with Crippen molar-refractivity contribution in [2.24, 2.45) is 0 Å². The molecule has 0 unspecified atom stereocenters. The normalized spacial score (nSPS) is 10.5. The van der Waals surface area contributed by atoms with Crippen LogP contribution in [0.1, 0.15) is 15.9 Å². The second-order valence-corrected chi connectivity index (χ2v) is 6.26. The molecule has 0 aliphatic heterocycles. The molecule has 0 bridgehead atoms. The van der Waals surface area contributed by atoms with E-state index in [4.69, 9.17) is 10.2 Å². The van der Waals surface area contributed by atoms with Gasteiger partial charge in [-0.15, -0.1) is 0 Å². The van der Waals surface area contributed by atoms with E-state index in [1.165, 1.54) is 0 Å². The minimum Gasteiger partial charge on any atom is -0.350 e. The Morgan fingerprint density at radius 3 is 2.54 bits per heavy atom. The Bertz CT molecular complexity index is 1160. The number of carbonyl (C=O) groups excluding carboxylic acids is 1. The number of imidazole rings is 1. The highest BCUT2D eigenvalue weighted by molar-refractivity contribution is 5.94. The van der Waals surface area contributed by atoms with Crippen LogP contribution in [0.3, 0.4) is 0 Å². The first-order valence-electron chi connectivity index (χ1n) is 8.90. The lowest BCUT2D eigenvalue weighted by Gasteiger charge is -2.10. The molecule has 0 fully saturated rings. The lowest BCUT2D eigenvalue weighted by Crippen LogP contribution is -2.27. The predicted octanol–water partition coefficient (Wildman–Crippen LogP) is 3.40. The Balaban J connectivity index is 1.54. The monoisotopic (exact) mass is 367 g/mol. The van der Waals surface area contributed by atoms with Gasteiger partial charge in [-0.1, -0.05) is 12.1 Å². The van der Waals surface area contributed by atoms with Crippen molar-refractivity contribution in [3.8, 4) is 17.5 Å². The van der Waals surface area contributed by atoms with Gasteiger partial charge in [-0.2, -0.15) is 5.26 Å². The maximum Gasteiger partial charge on any atom is 0.251 e. The molecule has 4 aromatic rings. The number of hydrogen-bond acceptors (Lipinski definition) is 4. The summed E-state index contributed by atoms with van der Waals surface area (Å²) < 4.78 is 2.10. The van der Waals surface area contributed by atoms with E-state index in [1.807, 2.05) is 42.5 Å². The maximum atomic E-state index is 12.4. The van der Waals surface area contributed by atoms with Crippen LogP contribution < -0.4 is 5.32 Å². The molecule has 0 spiro atoms. The first-order chi connectivity index (χ1) is 13.8. The molecule has 0 radical (unpaired) electrons. The maximum absolute atomic E-state index is 12.4. The summed E-state index contributed by atoms with van der Waals surface area (Å²) in [5.41, 5.74) is 3.96. The van der Waals surface area contributed by atoms with Crippen molar-refractivity contribution in [3.05, 3.63) is 84.2 Å². The summed E-state index contributed by atoms with van der Waals surface area (Å²) >= 11 is 0. The fraction of sp³-hybridized carbons (Fsp3) is 0.0909. The molecule has 2 aromatic heterocycles. The van der Waals surface area contributed by atoms with E-state index < -0.39 is 0 Å². The van der Waals surface area contributed by atoms with Gasteiger partial charge in [0.2, 0.25) is 0 Å². The van der Waals surface area contributed by atoms with Gasteiger partial charge in [0.25, 0.3) is 5.91 Å². The lowest BCUT2D eigenvalue weighted by atomic mass is 10.1. The quantitative estimate of drug-likeness (QED) is 0.586. The second kappa shape index (κ2) is 7.72. The van der Waals surface area contributed by atoms with Crippen LogP contribution >= 0.6 is 0 Å². The van der Waals surface area contributed by atoms with Crippen LogP contribution in [0.4, 0.5) is 0 Å². The van der Waals surface area contributed by atoms with Crippen molar-refractivity contribution in [1.82, 2.24) is 19.9 Å². The average Bonchev–Trinajstić information content (AvgIpc) is 3.13. The third kappa shape index (κ3) is 3.46. The van der Waals surface area contributed by atoms with Gasteiger partial charge in [-0.25, -0.2) is 4.98 Å². The molecule has 28 heavy (non-hydrogen) atoms. The molecule has 0 saturated carbocycles. The van der Waals surface area contributed by atoms with Gasteiger partial charge >= 0.3 is 0 Å². The van der Waals surface area contributed by atoms with Crippen molar-refractivity contribution in [1.29, 1.82) is 5.26 Å². The van der Waals surface area contributed by atoms with Crippen LogP contribution in [0.2, 0.25) is 0 Å². The summed E-state index contributed by atoms with van der Waals surface area (Å²) in [6, 6.07) is 20.4. The summed E-state index contributed by atoms with van der Waals surface area (Å²) in [5, 5.41) is 11.8. The van der Waals surface area contributed by atoms with Crippen LogP contribution in [0.25, 0.3) is 22.4 Å². The summed E-state index contributed by atoms with van der Waals surface area (Å²) in [7, 11) is 0. The van der Waals surface area contributed by atoms with E-state index in [1.54, 1.807) is 36.7 Å². The SMILES string of the molecule is N#Cc1ccc(C(=O)NCCn2c(-c3ccncc3)nc3ccccc32)cc1. The number of rotatable bonds is 5. The van der Waals surface area contributed by atoms with Crippen LogP contribution in [-0.4, -0.2) is 27.0 Å². The Labute approximate surface area is 162 Å². The third-order valence-electron chi connectivity index (χ3n) is 4.49. The van der Waals surface area contributed by atoms with E-state index in [0.29, 0.717) is 24.2 Å². The van der Waals surface area contributed by atoms with Crippen LogP contribution in [-0.2, 0) is 6.54 Å². The zero-order chi connectivity index (χ0) is 19.3. The second-order valence-electron chi connectivity index (χ2n) is 6.26. The molecule has 4 rings (SSSR count). The van der Waals surface area contributed by atoms with E-state index in [-0.39, 0.29) is 5.91 Å². The first kappa shape index (κ1) is 17.4. The molecule has 2 aromatic carbocycles. The van der Waals surface area contributed by atoms with Gasteiger partial charge in [0.05, 0.1) is 22.7 Å². The Morgan fingerprint density at radius 1 is 1.04 bits per heavy atom. The Morgan fingerprint density at radius 2 is 1.79 bits per heavy atom. The molecule has 2 heterocycles. The molecule has 0 atom stereocenters. The van der Waals surface area contributed by atoms with Crippen molar-refractivity contribution in [2.75, 3.05) is 6.54 Å². The molecule has 136 valence electrons. The molecule has 0 aliphatic rings. The molecular weight excluding hydrogens is 350 g/mol. The smallest absolute Gasteiger partial charge is 0.251 e. The number of para-hydroxylation sites is 2. The fourth-order valence-corrected chi connectivity index (χ4v) is 3.10. The number of nitrogens with zero attached hydrogens (tertiary/aromatic N) is 4. The van der Waals surface area contributed by atoms with Gasteiger partial charge in [0.15, 0.2) is 0 Å². The minimum atomic E-state index is -0.167. The summed E-state index contributed by atoms with van der Waals surface area (Å²) in [4.78, 5) is 21.2. The average molecular weight is 367 g/mol. The first-order valence-corrected chi connectivity index (χ1v) is 8.90. The lowest BCUT2D eigenvalue weighted by molar-refractivity contribution is 0.0952. The molecule has 0 saturated heterocycles. The number of pyridine rings is 1. The molecular formula is C22H17N5O. The van der Waals surface area contributed by atoms with Crippen LogP contribution in [0.15, 0.2) is 73.1 Å². The van der Waals surface area contributed by atoms with Gasteiger partial charge in [0, 0.05) is 36.6 Å². The summed E-state index contributed by atoms with van der Waals surface area (Å²) in [6.45, 7) is 1.04. The third-order valence-corrected chi connectivity index (χ3v) is 4.49. The number of nitriles is 1. The molecule has 1 N–H and O–H groups in total. The van der Waals surface area contributed by atoms with Crippen molar-refractivity contribution >= 4 is 16.9 Å². The van der Waals surface area contributed by atoms with Crippen LogP contribution in [0, 0.1) is 11.3 Å². The topological polar surface area (TPSA) is 83.6 Å². The summed E-state index contributed by atoms with van der Waals surface area (Å²) in [5.74, 6) is 0.676. The highest BCUT2D eigenvalue weighted by Crippen LogP contribution is 2.24. The number of amides is 1. The van der Waals surface area contributed by atoms with Gasteiger partial charge in [0.1, 0.15) is 5.82 Å². The van der Waals surface area contributed by atoms with Gasteiger partial charge < -0.3 is 9.88 Å². The Kier molecular flexibility index (Phi) is 4.81. The Hall–Kier alpha value is -3.98. The number of aromatic nitrogens is 3. The molecule has 6 nitrogen and oxygen atoms in total. The molecule has 0 aliphatic carbocycles. The van der Waals surface area contributed by atoms with Crippen molar-refractivity contribution in [3.63, 3.8) is 0 Å². The standard InChI is InChI=1S/C22H17N5O/c23-15-16-5-7-18(8-6-16)22(28)25-13-14-27-20-4-2-1-3-19(20)26-21(27)17-9-11-24-12-10-17/h1-12H,13-14H2,(H,25,28). The van der Waals surface area contributed by atoms with E-state index in [9.17, 15) is 4.79 Å². The number of hydrogen-bond donors (Lipinski definition) is 1. The number of fused-ring (bicyclic) bond motifs is 1. The zero-order valence-electron chi connectivity index (χ0n) is 15.0. The number of nitrogens with one attached hydrogen (secondary N) is 1. The predicted molar refractivity (Wildman–Crippen MR) is 106 cm³/mol. The number of carbonyl (C=O) groups is 1. The summed E-state index contributed by atoms with van der Waals surface area (Å²) in [6.07, 6.45) is 3.48. The van der Waals surface area contributed by atoms with Crippen molar-refractivity contribution in [2.45, 2.75) is 6.54 Å². The largest absolute Gasteiger partial charge is 0.350 e. The van der Waals surface area contributed by atoms with Gasteiger partial charge in [-0.3, -0.25) is 9.78 Å². The van der Waals surface area contributed by atoms with E-state index in [2.05, 4.69) is 14.9 Å². The molecule has 1 amide bonds. The van der Waals surface area contributed by atoms with Crippen LogP contribution in [0.5, 0.6) is 0 Å². The number of benzene rings is 2. The minimum absolute atomic E-state index is 0.167.